The summed E-state index contributed by atoms with van der Waals surface area (Å²) in [5.41, 5.74) is 1.41. The molecule has 0 aliphatic carbocycles. The van der Waals surface area contributed by atoms with Crippen molar-refractivity contribution in [2.75, 3.05) is 31.9 Å². The maximum atomic E-state index is 14.2. The Hall–Kier alpha value is -3.64. The number of aromatic amines is 2. The van der Waals surface area contributed by atoms with Crippen LogP contribution in [0.5, 0.6) is 0 Å². The zero-order chi connectivity index (χ0) is 31.5. The smallest absolute Gasteiger partial charge is 0.354 e. The summed E-state index contributed by atoms with van der Waals surface area (Å²) in [6, 6.07) is 13.3. The molecule has 2 aromatic carbocycles. The molecule has 0 bridgehead atoms. The first-order chi connectivity index (χ1) is 21.0. The van der Waals surface area contributed by atoms with Crippen LogP contribution in [-0.4, -0.2) is 65.4 Å². The zero-order valence-corrected chi connectivity index (χ0v) is 25.5. The molecule has 1 saturated heterocycles. The number of sulfonamides is 1. The molecule has 236 valence electrons. The van der Waals surface area contributed by atoms with Gasteiger partial charge < -0.3 is 14.9 Å². The third kappa shape index (κ3) is 6.86. The number of nitrogens with zero attached hydrogens (tertiary/aromatic N) is 2. The average Bonchev–Trinajstić information content (AvgIpc) is 3.38. The second-order valence-corrected chi connectivity index (χ2v) is 13.5. The number of unbranched alkanes of at least 4 members (excludes halogenated alkanes) is 4. The van der Waals surface area contributed by atoms with Gasteiger partial charge in [-0.2, -0.15) is 17.5 Å². The predicted octanol–water partition coefficient (Wildman–Crippen LogP) is 6.07. The lowest BCUT2D eigenvalue weighted by Crippen LogP contribution is -2.50. The van der Waals surface area contributed by atoms with E-state index in [2.05, 4.69) is 9.97 Å². The lowest BCUT2D eigenvalue weighted by Gasteiger charge is -2.33. The molecule has 3 heterocycles. The van der Waals surface area contributed by atoms with E-state index in [-0.39, 0.29) is 22.6 Å². The van der Waals surface area contributed by atoms with Gasteiger partial charge >= 0.3 is 6.18 Å². The van der Waals surface area contributed by atoms with Crippen LogP contribution in [-0.2, 0) is 27.4 Å². The highest BCUT2D eigenvalue weighted by Crippen LogP contribution is 2.41. The van der Waals surface area contributed by atoms with E-state index < -0.39 is 27.3 Å². The fourth-order valence-corrected chi connectivity index (χ4v) is 7.19. The summed E-state index contributed by atoms with van der Waals surface area (Å²) in [7, 11) is -3.24. The molecule has 12 heteroatoms. The quantitative estimate of drug-likeness (QED) is 0.196. The molecule has 0 spiro atoms. The first-order valence-electron chi connectivity index (χ1n) is 15.1. The lowest BCUT2D eigenvalue weighted by atomic mass is 9.95. The van der Waals surface area contributed by atoms with Gasteiger partial charge in [0.2, 0.25) is 21.5 Å². The van der Waals surface area contributed by atoms with Crippen LogP contribution in [0.3, 0.4) is 0 Å². The number of aryl methyl sites for hydroxylation is 1. The van der Waals surface area contributed by atoms with E-state index in [4.69, 9.17) is 0 Å². The Morgan fingerprint density at radius 2 is 1.50 bits per heavy atom. The summed E-state index contributed by atoms with van der Waals surface area (Å²) >= 11 is 0. The monoisotopic (exact) mass is 630 g/mol. The fourth-order valence-electron chi connectivity index (χ4n) is 6.10. The number of amides is 1. The molecule has 1 fully saturated rings. The number of alkyl halides is 3. The Bertz CT molecular complexity index is 1790. The molecule has 8 nitrogen and oxygen atoms in total. The molecule has 0 radical (unpaired) electrons. The second-order valence-electron chi connectivity index (χ2n) is 11.2. The molecule has 44 heavy (non-hydrogen) atoms. The topological polar surface area (TPSA) is 106 Å². The van der Waals surface area contributed by atoms with Crippen LogP contribution in [0.1, 0.15) is 56.6 Å². The number of piperazine rings is 1. The number of fused-ring (bicyclic) bond motifs is 3. The molecule has 0 unspecified atom stereocenters. The van der Waals surface area contributed by atoms with Gasteiger partial charge in [0.15, 0.2) is 0 Å². The molecule has 2 aromatic heterocycles. The number of rotatable bonds is 11. The van der Waals surface area contributed by atoms with Crippen molar-refractivity contribution in [2.45, 2.75) is 58.0 Å². The van der Waals surface area contributed by atoms with Crippen LogP contribution >= 0.6 is 0 Å². The number of hydrogen-bond acceptors (Lipinski definition) is 4. The van der Waals surface area contributed by atoms with Crippen LogP contribution in [0.15, 0.2) is 53.3 Å². The molecule has 1 aliphatic rings. The van der Waals surface area contributed by atoms with Gasteiger partial charge in [0.25, 0.3) is 0 Å². The largest absolute Gasteiger partial charge is 0.417 e. The van der Waals surface area contributed by atoms with E-state index in [9.17, 15) is 31.2 Å². The summed E-state index contributed by atoms with van der Waals surface area (Å²) in [6.45, 7) is 3.09. The molecular formula is C32H37F3N4O4S. The number of aromatic nitrogens is 2. The van der Waals surface area contributed by atoms with Gasteiger partial charge in [-0.3, -0.25) is 9.59 Å². The Morgan fingerprint density at radius 3 is 2.16 bits per heavy atom. The van der Waals surface area contributed by atoms with Gasteiger partial charge in [-0.05, 0) is 49.4 Å². The van der Waals surface area contributed by atoms with Crippen molar-refractivity contribution < 1.29 is 26.4 Å². The van der Waals surface area contributed by atoms with E-state index in [0.29, 0.717) is 56.0 Å². The zero-order valence-electron chi connectivity index (χ0n) is 24.7. The Kier molecular flexibility index (Phi) is 9.50. The van der Waals surface area contributed by atoms with E-state index in [1.807, 2.05) is 30.3 Å². The van der Waals surface area contributed by atoms with Crippen molar-refractivity contribution in [1.82, 2.24) is 19.2 Å². The summed E-state index contributed by atoms with van der Waals surface area (Å²) in [5.74, 6) is 0.0937. The number of carbonyl (C=O) groups is 1. The number of carbonyl (C=O) groups excluding carboxylic acids is 1. The Balaban J connectivity index is 1.25. The Labute approximate surface area is 254 Å². The first-order valence-corrected chi connectivity index (χ1v) is 16.7. The van der Waals surface area contributed by atoms with E-state index in [0.717, 1.165) is 48.9 Å². The van der Waals surface area contributed by atoms with Crippen LogP contribution in [0.2, 0.25) is 0 Å². The number of hydrogen-bond donors (Lipinski definition) is 2. The number of halogens is 3. The highest BCUT2D eigenvalue weighted by atomic mass is 32.2. The lowest BCUT2D eigenvalue weighted by molar-refractivity contribution is -0.136. The summed E-state index contributed by atoms with van der Waals surface area (Å²) in [5, 5.41) is 0.469. The highest BCUT2D eigenvalue weighted by molar-refractivity contribution is 7.89. The second kappa shape index (κ2) is 13.2. The fraction of sp³-hybridized carbons (Fsp3) is 0.438. The van der Waals surface area contributed by atoms with Crippen molar-refractivity contribution in [1.29, 1.82) is 0 Å². The number of H-pyrrole nitrogens is 2. The minimum Gasteiger partial charge on any atom is -0.354 e. The van der Waals surface area contributed by atoms with Gasteiger partial charge in [-0.25, -0.2) is 8.42 Å². The Morgan fingerprint density at radius 1 is 0.864 bits per heavy atom. The van der Waals surface area contributed by atoms with E-state index in [1.54, 1.807) is 17.9 Å². The van der Waals surface area contributed by atoms with Crippen LogP contribution in [0.25, 0.3) is 33.1 Å². The van der Waals surface area contributed by atoms with Crippen LogP contribution in [0, 0.1) is 0 Å². The molecule has 1 aliphatic heterocycles. The van der Waals surface area contributed by atoms with Gasteiger partial charge in [0.1, 0.15) is 0 Å². The van der Waals surface area contributed by atoms with Crippen molar-refractivity contribution in [2.24, 2.45) is 0 Å². The van der Waals surface area contributed by atoms with Crippen molar-refractivity contribution in [3.63, 3.8) is 0 Å². The molecule has 5 rings (SSSR count). The summed E-state index contributed by atoms with van der Waals surface area (Å²) < 4.78 is 68.0. The number of nitrogens with one attached hydrogen (secondary N) is 2. The van der Waals surface area contributed by atoms with Crippen LogP contribution in [0.4, 0.5) is 13.2 Å². The number of benzene rings is 2. The van der Waals surface area contributed by atoms with E-state index in [1.165, 1.54) is 10.4 Å². The molecule has 4 aromatic rings. The van der Waals surface area contributed by atoms with Crippen molar-refractivity contribution in [3.8, 4) is 11.3 Å². The minimum atomic E-state index is -4.69. The van der Waals surface area contributed by atoms with Gasteiger partial charge in [0, 0.05) is 66.2 Å². The minimum absolute atomic E-state index is 0.00493. The van der Waals surface area contributed by atoms with Gasteiger partial charge in [-0.15, -0.1) is 0 Å². The third-order valence-electron chi connectivity index (χ3n) is 8.41. The molecule has 1 amide bonds. The first kappa shape index (κ1) is 31.8. The SMILES string of the molecule is CCS(=O)(=O)N1CCN(C(=O)CCCCCCCc2c(-c3ccccc3)[nH]c3ccc4[nH]c(=O)cc(C(F)(F)F)c4c23)CC1. The predicted molar refractivity (Wildman–Crippen MR) is 166 cm³/mol. The molecular weight excluding hydrogens is 593 g/mol. The summed E-state index contributed by atoms with van der Waals surface area (Å²) in [4.78, 5) is 32.4. The average molecular weight is 631 g/mol. The number of pyridine rings is 1. The molecule has 0 saturated carbocycles. The molecule has 0 atom stereocenters. The maximum absolute atomic E-state index is 14.2. The third-order valence-corrected chi connectivity index (χ3v) is 10.3. The molecule has 2 N–H and O–H groups in total. The normalized spacial score (nSPS) is 15.0. The van der Waals surface area contributed by atoms with Crippen molar-refractivity contribution in [3.05, 3.63) is 70.0 Å². The highest BCUT2D eigenvalue weighted by Gasteiger charge is 2.35. The van der Waals surface area contributed by atoms with Gasteiger partial charge in [-0.1, -0.05) is 49.6 Å². The maximum Gasteiger partial charge on any atom is 0.417 e. The summed E-state index contributed by atoms with van der Waals surface area (Å²) in [6.07, 6.45) is 0.293. The van der Waals surface area contributed by atoms with E-state index >= 15 is 0 Å². The standard InChI is InChI=1S/C32H37F3N4O4S/c1-2-44(42,43)39-19-17-38(18-20-39)28(41)14-10-5-3-4-9-13-23-29-25(37-31(23)22-11-7-6-8-12-22)15-16-26-30(29)24(32(33,34)35)21-27(40)36-26/h6-8,11-12,15-16,21,37H,2-5,9-10,13-14,17-20H2,1H3,(H,36,40). The van der Waals surface area contributed by atoms with Gasteiger partial charge in [0.05, 0.1) is 11.3 Å². The van der Waals surface area contributed by atoms with Crippen molar-refractivity contribution >= 4 is 37.7 Å². The van der Waals surface area contributed by atoms with Crippen LogP contribution < -0.4 is 5.56 Å².